The molecule has 0 radical (unpaired) electrons. The molecule has 0 atom stereocenters. The monoisotopic (exact) mass is 528 g/mol. The molecule has 0 spiro atoms. The first kappa shape index (κ1) is 24.7. The summed E-state index contributed by atoms with van der Waals surface area (Å²) in [6, 6.07) is 21.4. The van der Waals surface area contributed by atoms with Crippen molar-refractivity contribution in [2.45, 2.75) is 39.3 Å². The molecule has 2 aromatic carbocycles. The standard InChI is InChI=1S/C30H24N4SSi2/c1-36(2,3)19-7-9-21-23(11-19)25(17(13-31)14-32)29-27(21)28-22-10-8-20(37(4,5)6)12-24(22)26(30(28)35-29)18(15-33)16-34/h7-12H,1-6H3. The van der Waals surface area contributed by atoms with Crippen molar-refractivity contribution in [2.75, 3.05) is 0 Å². The zero-order valence-electron chi connectivity index (χ0n) is 21.7. The number of fused-ring (bicyclic) bond motifs is 7. The molecule has 0 aliphatic heterocycles. The first-order chi connectivity index (χ1) is 17.5. The van der Waals surface area contributed by atoms with Crippen LogP contribution in [0.5, 0.6) is 0 Å². The highest BCUT2D eigenvalue weighted by atomic mass is 32.1. The summed E-state index contributed by atoms with van der Waals surface area (Å²) >= 11 is 1.49. The lowest BCUT2D eigenvalue weighted by atomic mass is 9.98. The Morgan fingerprint density at radius 2 is 0.919 bits per heavy atom. The summed E-state index contributed by atoms with van der Waals surface area (Å²) in [5.74, 6) is 0. The predicted molar refractivity (Wildman–Crippen MR) is 156 cm³/mol. The van der Waals surface area contributed by atoms with Crippen molar-refractivity contribution in [1.82, 2.24) is 0 Å². The average molecular weight is 529 g/mol. The lowest BCUT2D eigenvalue weighted by molar-refractivity contribution is 1.46. The molecule has 1 aromatic heterocycles. The lowest BCUT2D eigenvalue weighted by Crippen LogP contribution is -2.37. The van der Waals surface area contributed by atoms with Gasteiger partial charge in [0.25, 0.3) is 0 Å². The van der Waals surface area contributed by atoms with E-state index in [1.54, 1.807) is 0 Å². The van der Waals surface area contributed by atoms with Gasteiger partial charge >= 0.3 is 0 Å². The van der Waals surface area contributed by atoms with E-state index in [9.17, 15) is 21.0 Å². The fourth-order valence-corrected chi connectivity index (χ4v) is 8.96. The predicted octanol–water partition coefficient (Wildman–Crippen LogP) is 6.50. The molecule has 178 valence electrons. The Kier molecular flexibility index (Phi) is 5.52. The van der Waals surface area contributed by atoms with E-state index in [0.717, 1.165) is 43.1 Å². The maximum atomic E-state index is 9.89. The summed E-state index contributed by atoms with van der Waals surface area (Å²) in [6.07, 6.45) is 0. The van der Waals surface area contributed by atoms with Crippen LogP contribution in [0.3, 0.4) is 0 Å². The van der Waals surface area contributed by atoms with E-state index >= 15 is 0 Å². The van der Waals surface area contributed by atoms with Gasteiger partial charge in [-0.3, -0.25) is 0 Å². The minimum absolute atomic E-state index is 0.0910. The highest BCUT2D eigenvalue weighted by Gasteiger charge is 2.40. The summed E-state index contributed by atoms with van der Waals surface area (Å²) in [5.41, 5.74) is 7.40. The highest BCUT2D eigenvalue weighted by molar-refractivity contribution is 7.16. The number of nitrogens with zero attached hydrogens (tertiary/aromatic N) is 4. The second kappa shape index (κ2) is 8.27. The van der Waals surface area contributed by atoms with Gasteiger partial charge in [0.1, 0.15) is 35.4 Å². The number of thiophene rings is 1. The third kappa shape index (κ3) is 3.56. The lowest BCUT2D eigenvalue weighted by Gasteiger charge is -2.18. The van der Waals surface area contributed by atoms with Crippen LogP contribution >= 0.6 is 11.3 Å². The summed E-state index contributed by atoms with van der Waals surface area (Å²) < 4.78 is 0. The Bertz CT molecular complexity index is 1620. The van der Waals surface area contributed by atoms with Gasteiger partial charge < -0.3 is 0 Å². The van der Waals surface area contributed by atoms with Crippen molar-refractivity contribution in [3.05, 3.63) is 68.4 Å². The molecule has 0 saturated carbocycles. The van der Waals surface area contributed by atoms with Crippen LogP contribution in [-0.4, -0.2) is 16.1 Å². The quantitative estimate of drug-likeness (QED) is 0.193. The minimum Gasteiger partial charge on any atom is -0.192 e. The van der Waals surface area contributed by atoms with E-state index in [0.29, 0.717) is 11.1 Å². The molecule has 2 aliphatic carbocycles. The maximum Gasteiger partial charge on any atom is 0.138 e. The molecule has 2 aliphatic rings. The molecule has 0 bridgehead atoms. The number of benzene rings is 2. The van der Waals surface area contributed by atoms with Gasteiger partial charge in [-0.05, 0) is 22.3 Å². The molecule has 37 heavy (non-hydrogen) atoms. The van der Waals surface area contributed by atoms with Crippen LogP contribution in [0.15, 0.2) is 47.5 Å². The Morgan fingerprint density at radius 3 is 1.22 bits per heavy atom. The third-order valence-corrected chi connectivity index (χ3v) is 12.5. The van der Waals surface area contributed by atoms with E-state index in [4.69, 9.17) is 0 Å². The molecule has 3 aromatic rings. The molecule has 1 heterocycles. The normalized spacial score (nSPS) is 12.9. The zero-order valence-corrected chi connectivity index (χ0v) is 24.5. The van der Waals surface area contributed by atoms with E-state index in [-0.39, 0.29) is 11.1 Å². The maximum absolute atomic E-state index is 9.89. The van der Waals surface area contributed by atoms with Crippen molar-refractivity contribution in [3.8, 4) is 46.5 Å². The Morgan fingerprint density at radius 1 is 0.568 bits per heavy atom. The van der Waals surface area contributed by atoms with Gasteiger partial charge in [-0.1, -0.05) is 86.1 Å². The van der Waals surface area contributed by atoms with Crippen molar-refractivity contribution < 1.29 is 0 Å². The second-order valence-corrected chi connectivity index (χ2v) is 22.7. The van der Waals surface area contributed by atoms with Gasteiger partial charge in [-0.25, -0.2) is 0 Å². The van der Waals surface area contributed by atoms with E-state index in [2.05, 4.69) is 100.0 Å². The number of allylic oxidation sites excluding steroid dienone is 2. The largest absolute Gasteiger partial charge is 0.192 e. The van der Waals surface area contributed by atoms with Crippen LogP contribution < -0.4 is 10.4 Å². The first-order valence-corrected chi connectivity index (χ1v) is 19.8. The molecule has 0 saturated heterocycles. The molecular formula is C30H24N4SSi2. The fourth-order valence-electron chi connectivity index (χ4n) is 5.18. The molecule has 7 heteroatoms. The topological polar surface area (TPSA) is 95.2 Å². The van der Waals surface area contributed by atoms with Crippen molar-refractivity contribution in [1.29, 1.82) is 21.0 Å². The average Bonchev–Trinajstić information content (AvgIpc) is 3.46. The van der Waals surface area contributed by atoms with Gasteiger partial charge in [-0.15, -0.1) is 11.3 Å². The molecular weight excluding hydrogens is 505 g/mol. The minimum atomic E-state index is -1.64. The number of rotatable bonds is 2. The highest BCUT2D eigenvalue weighted by Crippen LogP contribution is 2.61. The number of hydrogen-bond donors (Lipinski definition) is 0. The van der Waals surface area contributed by atoms with Gasteiger partial charge in [0.05, 0.1) is 16.1 Å². The molecule has 0 amide bonds. The Hall–Kier alpha value is -3.99. The van der Waals surface area contributed by atoms with Crippen LogP contribution in [0.25, 0.3) is 33.4 Å². The van der Waals surface area contributed by atoms with E-state index in [1.165, 1.54) is 21.7 Å². The molecule has 5 rings (SSSR count). The summed E-state index contributed by atoms with van der Waals surface area (Å²) in [6.45, 7) is 13.7. The summed E-state index contributed by atoms with van der Waals surface area (Å²) in [5, 5.41) is 42.1. The van der Waals surface area contributed by atoms with Gasteiger partial charge in [0, 0.05) is 32.0 Å². The van der Waals surface area contributed by atoms with Gasteiger partial charge in [-0.2, -0.15) is 21.0 Å². The van der Waals surface area contributed by atoms with Gasteiger partial charge in [0.2, 0.25) is 0 Å². The van der Waals surface area contributed by atoms with Crippen molar-refractivity contribution in [3.63, 3.8) is 0 Å². The Labute approximate surface area is 223 Å². The summed E-state index contributed by atoms with van der Waals surface area (Å²) in [7, 11) is -3.29. The second-order valence-electron chi connectivity index (χ2n) is 11.5. The molecule has 4 nitrogen and oxygen atoms in total. The van der Waals surface area contributed by atoms with Crippen molar-refractivity contribution >= 4 is 49.0 Å². The first-order valence-electron chi connectivity index (χ1n) is 12.0. The molecule has 0 fully saturated rings. The van der Waals surface area contributed by atoms with Crippen LogP contribution in [0.2, 0.25) is 39.3 Å². The van der Waals surface area contributed by atoms with Crippen LogP contribution in [0.4, 0.5) is 0 Å². The SMILES string of the molecule is C[Si](C)(C)c1ccc2c(c1)C(=C(C#N)C#N)c1sc3c(c1-2)-c1ccc([Si](C)(C)C)cc1C3=C(C#N)C#N. The third-order valence-electron chi connectivity index (χ3n) is 7.16. The summed E-state index contributed by atoms with van der Waals surface area (Å²) in [4.78, 5) is 1.75. The Balaban J connectivity index is 1.93. The van der Waals surface area contributed by atoms with E-state index in [1.807, 2.05) is 0 Å². The van der Waals surface area contributed by atoms with Gasteiger partial charge in [0.15, 0.2) is 0 Å². The smallest absolute Gasteiger partial charge is 0.138 e. The zero-order chi connectivity index (χ0) is 26.9. The van der Waals surface area contributed by atoms with Crippen LogP contribution in [0, 0.1) is 45.3 Å². The van der Waals surface area contributed by atoms with Crippen LogP contribution in [-0.2, 0) is 0 Å². The molecule has 0 N–H and O–H groups in total. The van der Waals surface area contributed by atoms with Crippen LogP contribution in [0.1, 0.15) is 20.9 Å². The number of hydrogen-bond acceptors (Lipinski definition) is 5. The number of nitriles is 4. The van der Waals surface area contributed by atoms with E-state index < -0.39 is 16.1 Å². The fraction of sp³-hybridized carbons (Fsp3) is 0.200. The molecule has 0 unspecified atom stereocenters. The van der Waals surface area contributed by atoms with Crippen molar-refractivity contribution in [2.24, 2.45) is 0 Å².